The molecular weight excluding hydrogens is 226 g/mol. The first-order valence-corrected chi connectivity index (χ1v) is 6.28. The Hall–Kier alpha value is -0.910. The quantitative estimate of drug-likeness (QED) is 0.470. The highest BCUT2D eigenvalue weighted by molar-refractivity contribution is 7.97. The molecule has 0 aliphatic carbocycles. The number of amidine groups is 1. The minimum Gasteiger partial charge on any atom is -0.468 e. The van der Waals surface area contributed by atoms with E-state index in [0.29, 0.717) is 0 Å². The lowest BCUT2D eigenvalue weighted by atomic mass is 10.3. The number of nitrogens with one attached hydrogen (secondary N) is 1. The lowest BCUT2D eigenvalue weighted by molar-refractivity contribution is 0.232. The Balaban J connectivity index is 4.32. The molecule has 6 heteroatoms. The maximum atomic E-state index is 11.6. The van der Waals surface area contributed by atoms with Crippen LogP contribution in [0.15, 0.2) is 4.99 Å². The minimum atomic E-state index is -0.226. The Labute approximate surface area is 102 Å². The smallest absolute Gasteiger partial charge is 0.335 e. The average molecular weight is 247 g/mol. The number of carbonyl (C=O) groups excluding carboxylic acids is 1. The van der Waals surface area contributed by atoms with Crippen molar-refractivity contribution in [3.8, 4) is 0 Å². The van der Waals surface area contributed by atoms with E-state index in [1.165, 1.54) is 23.4 Å². The van der Waals surface area contributed by atoms with Crippen molar-refractivity contribution in [2.45, 2.75) is 33.2 Å². The number of ether oxygens (including phenoxy) is 1. The average Bonchev–Trinajstić information content (AvgIpc) is 2.27. The summed E-state index contributed by atoms with van der Waals surface area (Å²) in [6, 6.07) is 0.179. The van der Waals surface area contributed by atoms with Crippen molar-refractivity contribution in [3.63, 3.8) is 0 Å². The Kier molecular flexibility index (Phi) is 7.80. The van der Waals surface area contributed by atoms with Crippen molar-refractivity contribution < 1.29 is 9.53 Å². The summed E-state index contributed by atoms with van der Waals surface area (Å²) in [7, 11) is 3.20. The Morgan fingerprint density at radius 1 is 1.56 bits per heavy atom. The zero-order valence-corrected chi connectivity index (χ0v) is 11.4. The Morgan fingerprint density at radius 2 is 2.19 bits per heavy atom. The summed E-state index contributed by atoms with van der Waals surface area (Å²) in [6.45, 7) is 5.98. The topological polar surface area (TPSA) is 53.9 Å². The largest absolute Gasteiger partial charge is 0.468 e. The van der Waals surface area contributed by atoms with Gasteiger partial charge in [0.15, 0.2) is 0 Å². The molecule has 0 aliphatic heterocycles. The third kappa shape index (κ3) is 5.85. The monoisotopic (exact) mass is 247 g/mol. The second-order valence-electron chi connectivity index (χ2n) is 3.24. The predicted molar refractivity (Wildman–Crippen MR) is 68.6 cm³/mol. The molecule has 0 aromatic carbocycles. The van der Waals surface area contributed by atoms with Gasteiger partial charge in [-0.1, -0.05) is 13.8 Å². The van der Waals surface area contributed by atoms with E-state index in [9.17, 15) is 4.79 Å². The zero-order chi connectivity index (χ0) is 12.6. The van der Waals surface area contributed by atoms with Crippen LogP contribution in [0.5, 0.6) is 0 Å². The molecule has 94 valence electrons. The second kappa shape index (κ2) is 8.27. The van der Waals surface area contributed by atoms with E-state index in [1.807, 2.05) is 20.8 Å². The SMILES string of the molecule is CCSN(C)C(=O)NC(=NC(C)CC)OC. The molecule has 0 aliphatic rings. The lowest BCUT2D eigenvalue weighted by Crippen LogP contribution is -2.39. The molecule has 0 saturated heterocycles. The number of amides is 2. The molecule has 1 N–H and O–H groups in total. The van der Waals surface area contributed by atoms with Crippen molar-refractivity contribution in [1.82, 2.24) is 9.62 Å². The fourth-order valence-electron chi connectivity index (χ4n) is 0.850. The molecule has 0 saturated carbocycles. The van der Waals surface area contributed by atoms with Crippen molar-refractivity contribution >= 4 is 24.0 Å². The van der Waals surface area contributed by atoms with Gasteiger partial charge in [-0.25, -0.2) is 9.79 Å². The van der Waals surface area contributed by atoms with Crippen LogP contribution in [0.3, 0.4) is 0 Å². The molecule has 0 fully saturated rings. The third-order valence-corrected chi connectivity index (χ3v) is 2.76. The van der Waals surface area contributed by atoms with E-state index in [4.69, 9.17) is 4.74 Å². The van der Waals surface area contributed by atoms with Crippen LogP contribution in [0.4, 0.5) is 4.79 Å². The van der Waals surface area contributed by atoms with Crippen LogP contribution in [-0.4, -0.2) is 42.3 Å². The van der Waals surface area contributed by atoms with Crippen LogP contribution in [0, 0.1) is 0 Å². The molecule has 0 heterocycles. The van der Waals surface area contributed by atoms with Crippen LogP contribution in [-0.2, 0) is 4.74 Å². The molecular formula is C10H21N3O2S. The second-order valence-corrected chi connectivity index (χ2v) is 4.62. The number of methoxy groups -OCH3 is 1. The molecule has 0 aromatic heterocycles. The summed E-state index contributed by atoms with van der Waals surface area (Å²) >= 11 is 1.43. The van der Waals surface area contributed by atoms with Gasteiger partial charge in [0, 0.05) is 12.8 Å². The molecule has 0 bridgehead atoms. The van der Waals surface area contributed by atoms with Crippen molar-refractivity contribution in [1.29, 1.82) is 0 Å². The molecule has 0 aromatic rings. The Bertz CT molecular complexity index is 246. The molecule has 2 amide bonds. The van der Waals surface area contributed by atoms with Crippen LogP contribution in [0.25, 0.3) is 0 Å². The van der Waals surface area contributed by atoms with Gasteiger partial charge in [-0.2, -0.15) is 0 Å². The van der Waals surface area contributed by atoms with E-state index in [-0.39, 0.29) is 18.1 Å². The molecule has 1 unspecified atom stereocenters. The highest BCUT2D eigenvalue weighted by Crippen LogP contribution is 2.05. The maximum Gasteiger partial charge on any atom is 0.335 e. The van der Waals surface area contributed by atoms with Gasteiger partial charge in [0.05, 0.1) is 13.2 Å². The minimum absolute atomic E-state index is 0.138. The van der Waals surface area contributed by atoms with E-state index in [1.54, 1.807) is 7.05 Å². The van der Waals surface area contributed by atoms with Crippen LogP contribution < -0.4 is 5.32 Å². The molecule has 1 atom stereocenters. The first-order valence-electron chi connectivity index (χ1n) is 5.34. The Morgan fingerprint density at radius 3 is 2.62 bits per heavy atom. The summed E-state index contributed by atoms with van der Waals surface area (Å²) in [5.74, 6) is 0.842. The van der Waals surface area contributed by atoms with E-state index < -0.39 is 0 Å². The lowest BCUT2D eigenvalue weighted by Gasteiger charge is -2.16. The number of hydrogen-bond donors (Lipinski definition) is 1. The normalized spacial score (nSPS) is 13.2. The van der Waals surface area contributed by atoms with Crippen molar-refractivity contribution in [2.24, 2.45) is 4.99 Å². The maximum absolute atomic E-state index is 11.6. The first kappa shape index (κ1) is 15.1. The first-order chi connectivity index (χ1) is 7.54. The van der Waals surface area contributed by atoms with E-state index >= 15 is 0 Å². The van der Waals surface area contributed by atoms with E-state index in [2.05, 4.69) is 10.3 Å². The molecule has 16 heavy (non-hydrogen) atoms. The zero-order valence-electron chi connectivity index (χ0n) is 10.6. The van der Waals surface area contributed by atoms with Gasteiger partial charge in [-0.3, -0.25) is 9.62 Å². The van der Waals surface area contributed by atoms with Crippen molar-refractivity contribution in [2.75, 3.05) is 19.9 Å². The van der Waals surface area contributed by atoms with Gasteiger partial charge < -0.3 is 4.74 Å². The van der Waals surface area contributed by atoms with Crippen LogP contribution >= 0.6 is 11.9 Å². The number of hydrogen-bond acceptors (Lipinski definition) is 4. The van der Waals surface area contributed by atoms with Gasteiger partial charge >= 0.3 is 6.03 Å². The van der Waals surface area contributed by atoms with Crippen molar-refractivity contribution in [3.05, 3.63) is 0 Å². The third-order valence-electron chi connectivity index (χ3n) is 1.94. The highest BCUT2D eigenvalue weighted by Gasteiger charge is 2.11. The van der Waals surface area contributed by atoms with Gasteiger partial charge in [0.25, 0.3) is 6.02 Å². The molecule has 5 nitrogen and oxygen atoms in total. The number of nitrogens with zero attached hydrogens (tertiary/aromatic N) is 2. The molecule has 0 radical (unpaired) electrons. The summed E-state index contributed by atoms with van der Waals surface area (Å²) in [5.41, 5.74) is 0. The molecule has 0 spiro atoms. The number of rotatable bonds is 4. The fraction of sp³-hybridized carbons (Fsp3) is 0.800. The van der Waals surface area contributed by atoms with E-state index in [0.717, 1.165) is 12.2 Å². The molecule has 0 rings (SSSR count). The highest BCUT2D eigenvalue weighted by atomic mass is 32.2. The van der Waals surface area contributed by atoms with Crippen LogP contribution in [0.2, 0.25) is 0 Å². The summed E-state index contributed by atoms with van der Waals surface area (Å²) in [6.07, 6.45) is 0.905. The van der Waals surface area contributed by atoms with Gasteiger partial charge in [0.1, 0.15) is 0 Å². The summed E-state index contributed by atoms with van der Waals surface area (Å²) in [4.78, 5) is 15.8. The fourth-order valence-corrected chi connectivity index (χ4v) is 1.40. The van der Waals surface area contributed by atoms with Gasteiger partial charge in [-0.05, 0) is 25.3 Å². The summed E-state index contributed by atoms with van der Waals surface area (Å²) < 4.78 is 6.52. The van der Waals surface area contributed by atoms with Gasteiger partial charge in [0.2, 0.25) is 0 Å². The van der Waals surface area contributed by atoms with Gasteiger partial charge in [-0.15, -0.1) is 0 Å². The van der Waals surface area contributed by atoms with Crippen LogP contribution in [0.1, 0.15) is 27.2 Å². The number of urea groups is 1. The summed E-state index contributed by atoms with van der Waals surface area (Å²) in [5, 5.41) is 2.61. The standard InChI is InChI=1S/C10H21N3O2S/c1-6-8(3)11-9(15-5)12-10(14)13(4)16-7-2/h8H,6-7H2,1-5H3,(H,11,12,14). The predicted octanol–water partition coefficient (Wildman–Crippen LogP) is 2.10. The number of aliphatic imine (C=N–C) groups is 1. The number of carbonyl (C=O) groups is 1.